The van der Waals surface area contributed by atoms with Gasteiger partial charge >= 0.3 is 0 Å². The Hall–Kier alpha value is -2.50. The van der Waals surface area contributed by atoms with E-state index < -0.39 is 29.2 Å². The highest BCUT2D eigenvalue weighted by molar-refractivity contribution is 6.23. The molecule has 4 amide bonds. The van der Waals surface area contributed by atoms with E-state index in [0.29, 0.717) is 24.0 Å². The lowest BCUT2D eigenvalue weighted by Gasteiger charge is -2.35. The van der Waals surface area contributed by atoms with E-state index in [0.717, 1.165) is 16.9 Å². The highest BCUT2D eigenvalue weighted by Crippen LogP contribution is 2.55. The van der Waals surface area contributed by atoms with Crippen LogP contribution in [0.15, 0.2) is 18.2 Å². The van der Waals surface area contributed by atoms with Gasteiger partial charge in [0.2, 0.25) is 11.8 Å². The Morgan fingerprint density at radius 2 is 1.73 bits per heavy atom. The van der Waals surface area contributed by atoms with Gasteiger partial charge in [-0.05, 0) is 42.4 Å². The second kappa shape index (κ2) is 5.25. The van der Waals surface area contributed by atoms with Gasteiger partial charge in [-0.2, -0.15) is 0 Å². The summed E-state index contributed by atoms with van der Waals surface area (Å²) in [6.45, 7) is 6.33. The molecule has 1 spiro atoms. The zero-order chi connectivity index (χ0) is 18.9. The van der Waals surface area contributed by atoms with Crippen LogP contribution in [0, 0.1) is 10.8 Å². The van der Waals surface area contributed by atoms with Gasteiger partial charge in [0.25, 0.3) is 11.8 Å². The molecule has 2 heterocycles. The predicted molar refractivity (Wildman–Crippen MR) is 93.3 cm³/mol. The Balaban J connectivity index is 1.70. The number of hydrogen-bond acceptors (Lipinski definition) is 4. The normalized spacial score (nSPS) is 24.1. The summed E-state index contributed by atoms with van der Waals surface area (Å²) in [5.74, 6) is -1.73. The van der Waals surface area contributed by atoms with Gasteiger partial charge in [-0.1, -0.05) is 26.8 Å². The highest BCUT2D eigenvalue weighted by atomic mass is 16.2. The van der Waals surface area contributed by atoms with Crippen LogP contribution in [0.2, 0.25) is 0 Å². The number of imide groups is 2. The summed E-state index contributed by atoms with van der Waals surface area (Å²) >= 11 is 0. The average molecular weight is 354 g/mol. The molecular weight excluding hydrogens is 332 g/mol. The second-order valence-corrected chi connectivity index (χ2v) is 8.95. The lowest BCUT2D eigenvalue weighted by atomic mass is 9.87. The van der Waals surface area contributed by atoms with Gasteiger partial charge in [0.1, 0.15) is 6.04 Å². The molecule has 2 aliphatic heterocycles. The lowest BCUT2D eigenvalue weighted by molar-refractivity contribution is -0.139. The van der Waals surface area contributed by atoms with Gasteiger partial charge < -0.3 is 0 Å². The minimum Gasteiger partial charge on any atom is -0.295 e. The molecule has 1 aromatic rings. The molecule has 1 atom stereocenters. The van der Waals surface area contributed by atoms with Crippen LogP contribution in [0.25, 0.3) is 0 Å². The number of nitrogens with zero attached hydrogens (tertiary/aromatic N) is 1. The molecule has 4 rings (SSSR count). The molecule has 6 nitrogen and oxygen atoms in total. The molecule has 1 saturated heterocycles. The van der Waals surface area contributed by atoms with Gasteiger partial charge in [-0.15, -0.1) is 0 Å². The van der Waals surface area contributed by atoms with E-state index in [1.165, 1.54) is 0 Å². The number of piperidine rings is 1. The van der Waals surface area contributed by atoms with Gasteiger partial charge in [0.05, 0.1) is 11.1 Å². The molecule has 1 N–H and O–H groups in total. The van der Waals surface area contributed by atoms with Crippen molar-refractivity contribution in [1.29, 1.82) is 0 Å². The van der Waals surface area contributed by atoms with Gasteiger partial charge in [-0.3, -0.25) is 29.4 Å². The zero-order valence-electron chi connectivity index (χ0n) is 15.2. The number of carbonyl (C=O) groups excluding carboxylic acids is 4. The number of carbonyl (C=O) groups is 4. The molecule has 1 aromatic carbocycles. The van der Waals surface area contributed by atoms with Gasteiger partial charge in [-0.25, -0.2) is 0 Å². The SMILES string of the molecule is CC(C)(C)Cc1ccc2c(c1)C(=O)N(C1C(=O)NC(=O)CC13CC3)C2=O. The van der Waals surface area contributed by atoms with Crippen LogP contribution < -0.4 is 5.32 Å². The first kappa shape index (κ1) is 16.9. The van der Waals surface area contributed by atoms with Crippen molar-refractivity contribution in [3.05, 3.63) is 34.9 Å². The molecule has 1 unspecified atom stereocenters. The summed E-state index contributed by atoms with van der Waals surface area (Å²) in [5, 5.41) is 2.29. The van der Waals surface area contributed by atoms with Crippen LogP contribution in [0.5, 0.6) is 0 Å². The highest BCUT2D eigenvalue weighted by Gasteiger charge is 2.62. The van der Waals surface area contributed by atoms with Crippen molar-refractivity contribution < 1.29 is 19.2 Å². The van der Waals surface area contributed by atoms with E-state index in [9.17, 15) is 19.2 Å². The smallest absolute Gasteiger partial charge is 0.262 e. The van der Waals surface area contributed by atoms with Crippen LogP contribution in [-0.2, 0) is 16.0 Å². The standard InChI is InChI=1S/C20H22N2O4/c1-19(2,3)9-11-4-5-12-13(8-11)18(26)22(17(12)25)15-16(24)21-14(23)10-20(15)6-7-20/h4-5,8,15H,6-7,9-10H2,1-3H3,(H,21,23,24). The quantitative estimate of drug-likeness (QED) is 0.824. The Morgan fingerprint density at radius 1 is 1.08 bits per heavy atom. The van der Waals surface area contributed by atoms with E-state index in [-0.39, 0.29) is 17.7 Å². The topological polar surface area (TPSA) is 83.6 Å². The molecule has 136 valence electrons. The van der Waals surface area contributed by atoms with Crippen molar-refractivity contribution in [3.8, 4) is 0 Å². The third-order valence-electron chi connectivity index (χ3n) is 5.47. The summed E-state index contributed by atoms with van der Waals surface area (Å²) < 4.78 is 0. The summed E-state index contributed by atoms with van der Waals surface area (Å²) in [4.78, 5) is 51.2. The van der Waals surface area contributed by atoms with E-state index in [1.54, 1.807) is 12.1 Å². The lowest BCUT2D eigenvalue weighted by Crippen LogP contribution is -2.59. The van der Waals surface area contributed by atoms with E-state index in [4.69, 9.17) is 0 Å². The zero-order valence-corrected chi connectivity index (χ0v) is 15.2. The van der Waals surface area contributed by atoms with Crippen molar-refractivity contribution in [2.45, 2.75) is 52.5 Å². The molecular formula is C20H22N2O4. The van der Waals surface area contributed by atoms with Crippen LogP contribution in [0.3, 0.4) is 0 Å². The number of rotatable bonds is 2. The number of hydrogen-bond donors (Lipinski definition) is 1. The minimum absolute atomic E-state index is 0.0568. The molecule has 0 radical (unpaired) electrons. The van der Waals surface area contributed by atoms with Crippen molar-refractivity contribution in [1.82, 2.24) is 10.2 Å². The fraction of sp³-hybridized carbons (Fsp3) is 0.500. The van der Waals surface area contributed by atoms with Gasteiger partial charge in [0, 0.05) is 11.8 Å². The Kier molecular flexibility index (Phi) is 3.42. The van der Waals surface area contributed by atoms with Crippen LogP contribution in [-0.4, -0.2) is 34.6 Å². The molecule has 2 fully saturated rings. The molecule has 0 aromatic heterocycles. The van der Waals surface area contributed by atoms with Crippen molar-refractivity contribution >= 4 is 23.6 Å². The Morgan fingerprint density at radius 3 is 2.35 bits per heavy atom. The first-order valence-corrected chi connectivity index (χ1v) is 8.96. The monoisotopic (exact) mass is 354 g/mol. The third kappa shape index (κ3) is 2.55. The van der Waals surface area contributed by atoms with E-state index in [2.05, 4.69) is 26.1 Å². The minimum atomic E-state index is -0.890. The maximum atomic E-state index is 13.0. The fourth-order valence-electron chi connectivity index (χ4n) is 4.21. The molecule has 1 aliphatic carbocycles. The number of benzene rings is 1. The van der Waals surface area contributed by atoms with Crippen molar-refractivity contribution in [2.24, 2.45) is 10.8 Å². The number of fused-ring (bicyclic) bond motifs is 1. The maximum Gasteiger partial charge on any atom is 0.262 e. The predicted octanol–water partition coefficient (Wildman–Crippen LogP) is 2.07. The average Bonchev–Trinajstić information content (AvgIpc) is 3.22. The molecule has 3 aliphatic rings. The first-order valence-electron chi connectivity index (χ1n) is 8.96. The summed E-state index contributed by atoms with van der Waals surface area (Å²) in [6, 6.07) is 4.43. The number of amides is 4. The van der Waals surface area contributed by atoms with E-state index >= 15 is 0 Å². The fourth-order valence-corrected chi connectivity index (χ4v) is 4.21. The van der Waals surface area contributed by atoms with Crippen LogP contribution in [0.4, 0.5) is 0 Å². The third-order valence-corrected chi connectivity index (χ3v) is 5.47. The molecule has 1 saturated carbocycles. The van der Waals surface area contributed by atoms with Crippen molar-refractivity contribution in [2.75, 3.05) is 0 Å². The summed E-state index contributed by atoms with van der Waals surface area (Å²) in [7, 11) is 0. The summed E-state index contributed by atoms with van der Waals surface area (Å²) in [5.41, 5.74) is 1.18. The largest absolute Gasteiger partial charge is 0.295 e. The van der Waals surface area contributed by atoms with Crippen LogP contribution in [0.1, 0.15) is 66.3 Å². The molecule has 26 heavy (non-hydrogen) atoms. The maximum absolute atomic E-state index is 13.0. The summed E-state index contributed by atoms with van der Waals surface area (Å²) in [6.07, 6.45) is 2.33. The molecule has 6 heteroatoms. The van der Waals surface area contributed by atoms with Crippen molar-refractivity contribution in [3.63, 3.8) is 0 Å². The number of nitrogens with one attached hydrogen (secondary N) is 1. The van der Waals surface area contributed by atoms with E-state index in [1.807, 2.05) is 6.07 Å². The second-order valence-electron chi connectivity index (χ2n) is 8.95. The molecule has 0 bridgehead atoms. The van der Waals surface area contributed by atoms with Crippen LogP contribution >= 0.6 is 0 Å². The first-order chi connectivity index (χ1) is 12.1. The Labute approximate surface area is 151 Å². The van der Waals surface area contributed by atoms with Gasteiger partial charge in [0.15, 0.2) is 0 Å². The Bertz CT molecular complexity index is 861.